The van der Waals surface area contributed by atoms with Crippen LogP contribution in [0.25, 0.3) is 0 Å². The van der Waals surface area contributed by atoms with Crippen molar-refractivity contribution >= 4 is 17.4 Å². The van der Waals surface area contributed by atoms with E-state index in [0.29, 0.717) is 0 Å². The van der Waals surface area contributed by atoms with Crippen molar-refractivity contribution in [3.63, 3.8) is 0 Å². The minimum Gasteiger partial charge on any atom is -0.399 e. The molecule has 1 fully saturated rings. The van der Waals surface area contributed by atoms with Crippen LogP contribution in [0.1, 0.15) is 46.0 Å². The van der Waals surface area contributed by atoms with Crippen molar-refractivity contribution in [3.8, 4) is 0 Å². The highest BCUT2D eigenvalue weighted by Gasteiger charge is 2.47. The van der Waals surface area contributed by atoms with Gasteiger partial charge >= 0.3 is 0 Å². The van der Waals surface area contributed by atoms with Crippen LogP contribution in [-0.2, 0) is 4.79 Å². The molecule has 5 heteroatoms. The Balaban J connectivity index is 1.53. The molecule has 144 valence electrons. The number of nitrogens with one attached hydrogen (secondary N) is 1. The van der Waals surface area contributed by atoms with E-state index >= 15 is 0 Å². The molecule has 3 aliphatic rings. The fraction of sp³-hybridized carbons (Fsp3) is 0.545. The van der Waals surface area contributed by atoms with Crippen molar-refractivity contribution in [2.75, 3.05) is 23.7 Å². The van der Waals surface area contributed by atoms with Gasteiger partial charge in [-0.05, 0) is 49.3 Å². The number of anilines is 2. The van der Waals surface area contributed by atoms with Gasteiger partial charge in [-0.15, -0.1) is 0 Å². The zero-order valence-corrected chi connectivity index (χ0v) is 16.4. The molecule has 1 saturated heterocycles. The summed E-state index contributed by atoms with van der Waals surface area (Å²) in [6, 6.07) is 4.00. The topological polar surface area (TPSA) is 71.2 Å². The van der Waals surface area contributed by atoms with E-state index in [-0.39, 0.29) is 23.3 Å². The third kappa shape index (κ3) is 3.35. The highest BCUT2D eigenvalue weighted by Crippen LogP contribution is 2.53. The van der Waals surface area contributed by atoms with Crippen molar-refractivity contribution in [3.05, 3.63) is 41.6 Å². The van der Waals surface area contributed by atoms with Crippen LogP contribution in [0.15, 0.2) is 41.6 Å². The molecular formula is C22H30N4O. The van der Waals surface area contributed by atoms with E-state index in [0.717, 1.165) is 56.7 Å². The average Bonchev–Trinajstić information content (AvgIpc) is 2.96. The number of fused-ring (bicyclic) bond motifs is 1. The molecule has 5 nitrogen and oxygen atoms in total. The van der Waals surface area contributed by atoms with Gasteiger partial charge in [0.05, 0.1) is 6.04 Å². The monoisotopic (exact) mass is 366 g/mol. The molecule has 1 atom stereocenters. The van der Waals surface area contributed by atoms with E-state index in [2.05, 4.69) is 27.4 Å². The third-order valence-corrected chi connectivity index (χ3v) is 6.45. The Hall–Kier alpha value is -2.30. The number of rotatable bonds is 3. The van der Waals surface area contributed by atoms with Crippen LogP contribution >= 0.6 is 0 Å². The van der Waals surface area contributed by atoms with Crippen LogP contribution in [0.3, 0.4) is 0 Å². The standard InChI is InChI=1S/C22H30N4O/c1-15(2)21(27)25-19-14-22(18-6-4-3-5-17(18)19)8-11-26(12-9-22)20-13-16(23)7-10-24-20/h4,6-7,10,13,15,19H,3,5,8-9,11-12,14H2,1-2H3,(H2,23,24)(H,25,27). The van der Waals surface area contributed by atoms with Crippen molar-refractivity contribution in [2.45, 2.75) is 52.0 Å². The number of pyridine rings is 1. The highest BCUT2D eigenvalue weighted by atomic mass is 16.1. The summed E-state index contributed by atoms with van der Waals surface area (Å²) in [7, 11) is 0. The first-order chi connectivity index (χ1) is 13.0. The first-order valence-corrected chi connectivity index (χ1v) is 10.2. The van der Waals surface area contributed by atoms with Crippen molar-refractivity contribution in [1.82, 2.24) is 10.3 Å². The molecule has 0 saturated carbocycles. The normalized spacial score (nSPS) is 23.8. The molecule has 4 rings (SSSR count). The third-order valence-electron chi connectivity index (χ3n) is 6.45. The van der Waals surface area contributed by atoms with Gasteiger partial charge in [-0.25, -0.2) is 4.98 Å². The number of hydrogen-bond acceptors (Lipinski definition) is 4. The molecule has 2 aliphatic carbocycles. The Morgan fingerprint density at radius 2 is 2.15 bits per heavy atom. The number of carbonyl (C=O) groups excluding carboxylic acids is 1. The Bertz CT molecular complexity index is 787. The molecule has 1 spiro atoms. The Morgan fingerprint density at radius 1 is 1.37 bits per heavy atom. The van der Waals surface area contributed by atoms with Gasteiger partial charge in [-0.1, -0.05) is 26.0 Å². The van der Waals surface area contributed by atoms with Gasteiger partial charge in [0.25, 0.3) is 0 Å². The number of hydrogen-bond donors (Lipinski definition) is 2. The van der Waals surface area contributed by atoms with E-state index in [1.807, 2.05) is 26.0 Å². The minimum atomic E-state index is 0.0289. The van der Waals surface area contributed by atoms with Gasteiger partial charge in [0.1, 0.15) is 5.82 Å². The largest absolute Gasteiger partial charge is 0.399 e. The van der Waals surface area contributed by atoms with E-state index in [4.69, 9.17) is 5.73 Å². The molecule has 0 aromatic carbocycles. The molecular weight excluding hydrogens is 336 g/mol. The number of piperidine rings is 1. The maximum atomic E-state index is 12.3. The molecule has 1 aliphatic heterocycles. The van der Waals surface area contributed by atoms with Crippen LogP contribution in [0.5, 0.6) is 0 Å². The molecule has 1 aromatic rings. The van der Waals surface area contributed by atoms with Gasteiger partial charge in [0.2, 0.25) is 5.91 Å². The van der Waals surface area contributed by atoms with Crippen molar-refractivity contribution < 1.29 is 4.79 Å². The van der Waals surface area contributed by atoms with Crippen LogP contribution < -0.4 is 16.0 Å². The molecule has 0 radical (unpaired) electrons. The van der Waals surface area contributed by atoms with Gasteiger partial charge in [-0.2, -0.15) is 0 Å². The summed E-state index contributed by atoms with van der Waals surface area (Å²) >= 11 is 0. The molecule has 2 heterocycles. The lowest BCUT2D eigenvalue weighted by atomic mass is 9.72. The molecule has 27 heavy (non-hydrogen) atoms. The summed E-state index contributed by atoms with van der Waals surface area (Å²) in [5, 5.41) is 3.33. The number of allylic oxidation sites excluding steroid dienone is 3. The Kier molecular flexibility index (Phi) is 4.70. The molecule has 1 amide bonds. The van der Waals surface area contributed by atoms with Crippen molar-refractivity contribution in [2.24, 2.45) is 11.3 Å². The lowest BCUT2D eigenvalue weighted by molar-refractivity contribution is -0.124. The van der Waals surface area contributed by atoms with Gasteiger partial charge in [0, 0.05) is 42.4 Å². The lowest BCUT2D eigenvalue weighted by Crippen LogP contribution is -2.43. The Morgan fingerprint density at radius 3 is 2.85 bits per heavy atom. The van der Waals surface area contributed by atoms with E-state index in [1.54, 1.807) is 6.20 Å². The highest BCUT2D eigenvalue weighted by molar-refractivity contribution is 5.79. The maximum Gasteiger partial charge on any atom is 0.223 e. The second-order valence-corrected chi connectivity index (χ2v) is 8.51. The predicted molar refractivity (Wildman–Crippen MR) is 109 cm³/mol. The molecule has 1 unspecified atom stereocenters. The summed E-state index contributed by atoms with van der Waals surface area (Å²) in [5.41, 5.74) is 9.86. The minimum absolute atomic E-state index is 0.0289. The number of amides is 1. The summed E-state index contributed by atoms with van der Waals surface area (Å²) in [6.07, 6.45) is 11.8. The summed E-state index contributed by atoms with van der Waals surface area (Å²) in [4.78, 5) is 19.2. The zero-order valence-electron chi connectivity index (χ0n) is 16.4. The predicted octanol–water partition coefficient (Wildman–Crippen LogP) is 3.44. The lowest BCUT2D eigenvalue weighted by Gasteiger charge is -2.42. The molecule has 1 aromatic heterocycles. The van der Waals surface area contributed by atoms with E-state index in [1.165, 1.54) is 11.1 Å². The fourth-order valence-corrected chi connectivity index (χ4v) is 4.91. The average molecular weight is 367 g/mol. The van der Waals surface area contributed by atoms with E-state index < -0.39 is 0 Å². The van der Waals surface area contributed by atoms with Gasteiger partial charge < -0.3 is 16.0 Å². The van der Waals surface area contributed by atoms with Crippen LogP contribution in [0, 0.1) is 11.3 Å². The van der Waals surface area contributed by atoms with Crippen LogP contribution in [0.2, 0.25) is 0 Å². The smallest absolute Gasteiger partial charge is 0.223 e. The number of aromatic nitrogens is 1. The number of nitrogen functional groups attached to an aromatic ring is 1. The summed E-state index contributed by atoms with van der Waals surface area (Å²) < 4.78 is 0. The van der Waals surface area contributed by atoms with Gasteiger partial charge in [0.15, 0.2) is 0 Å². The summed E-state index contributed by atoms with van der Waals surface area (Å²) in [5.74, 6) is 1.17. The second kappa shape index (κ2) is 7.02. The van der Waals surface area contributed by atoms with Crippen LogP contribution in [-0.4, -0.2) is 30.0 Å². The SMILES string of the molecule is CC(C)C(=O)NC1CC2(CCN(c3cc(N)ccn3)CC2)C2=C1CCC=C2. The van der Waals surface area contributed by atoms with Crippen molar-refractivity contribution in [1.29, 1.82) is 0 Å². The number of carbonyl (C=O) groups is 1. The molecule has 3 N–H and O–H groups in total. The quantitative estimate of drug-likeness (QED) is 0.860. The number of nitrogens with zero attached hydrogens (tertiary/aromatic N) is 2. The fourth-order valence-electron chi connectivity index (χ4n) is 4.91. The van der Waals surface area contributed by atoms with Crippen LogP contribution in [0.4, 0.5) is 11.5 Å². The first kappa shape index (κ1) is 18.1. The van der Waals surface area contributed by atoms with Gasteiger partial charge in [-0.3, -0.25) is 4.79 Å². The first-order valence-electron chi connectivity index (χ1n) is 10.2. The number of nitrogens with two attached hydrogens (primary N) is 1. The zero-order chi connectivity index (χ0) is 19.0. The van der Waals surface area contributed by atoms with E-state index in [9.17, 15) is 4.79 Å². The maximum absolute atomic E-state index is 12.3. The summed E-state index contributed by atoms with van der Waals surface area (Å²) in [6.45, 7) is 5.89. The second-order valence-electron chi connectivity index (χ2n) is 8.51. The molecule has 0 bridgehead atoms. The Labute approximate surface area is 161 Å².